The summed E-state index contributed by atoms with van der Waals surface area (Å²) in [7, 11) is -1.06. The second-order valence-corrected chi connectivity index (χ2v) is 8.84. The van der Waals surface area contributed by atoms with Gasteiger partial charge in [0.05, 0.1) is 32.3 Å². The highest BCUT2D eigenvalue weighted by Gasteiger charge is 2.37. The molecule has 1 aromatic rings. The molecule has 1 aliphatic rings. The van der Waals surface area contributed by atoms with Gasteiger partial charge < -0.3 is 29.7 Å². The first-order valence-electron chi connectivity index (χ1n) is 10.4. The first kappa shape index (κ1) is 25.8. The Morgan fingerprint density at radius 3 is 2.41 bits per heavy atom. The van der Waals surface area contributed by atoms with E-state index < -0.39 is 28.1 Å². The summed E-state index contributed by atoms with van der Waals surface area (Å²) in [5.41, 5.74) is 0. The summed E-state index contributed by atoms with van der Waals surface area (Å²) >= 11 is 0. The lowest BCUT2D eigenvalue weighted by Gasteiger charge is -2.23. The monoisotopic (exact) mass is 472 g/mol. The van der Waals surface area contributed by atoms with E-state index >= 15 is 0 Å². The molecule has 0 radical (unpaired) electrons. The van der Waals surface area contributed by atoms with E-state index in [0.717, 1.165) is 17.4 Å². The standard InChI is InChI=1S/C20H32N4O7S/c1-5-23(6-2)10-9-21-19(25)20(26)22-14-18-24(11-12-31-18)32(27,28)15-7-8-16(29-3)17(13-15)30-4/h7-8,13,18H,5-6,9-12,14H2,1-4H3,(H,21,25)(H,22,26). The van der Waals surface area contributed by atoms with E-state index in [2.05, 4.69) is 15.5 Å². The van der Waals surface area contributed by atoms with Crippen LogP contribution in [0.3, 0.4) is 0 Å². The summed E-state index contributed by atoms with van der Waals surface area (Å²) < 4.78 is 43.2. The van der Waals surface area contributed by atoms with Crippen LogP contribution in [-0.2, 0) is 24.3 Å². The fourth-order valence-corrected chi connectivity index (χ4v) is 4.79. The summed E-state index contributed by atoms with van der Waals surface area (Å²) in [4.78, 5) is 26.2. The lowest BCUT2D eigenvalue weighted by Crippen LogP contribution is -2.48. The molecule has 1 unspecified atom stereocenters. The average molecular weight is 473 g/mol. The number of hydrogen-bond acceptors (Lipinski definition) is 8. The topological polar surface area (TPSA) is 127 Å². The van der Waals surface area contributed by atoms with Crippen LogP contribution in [0.1, 0.15) is 13.8 Å². The van der Waals surface area contributed by atoms with Crippen LogP contribution in [0.4, 0.5) is 0 Å². The lowest BCUT2D eigenvalue weighted by molar-refractivity contribution is -0.139. The van der Waals surface area contributed by atoms with Crippen molar-refractivity contribution < 1.29 is 32.2 Å². The van der Waals surface area contributed by atoms with E-state index in [1.807, 2.05) is 13.8 Å². The van der Waals surface area contributed by atoms with Gasteiger partial charge in [-0.3, -0.25) is 9.59 Å². The molecule has 1 saturated heterocycles. The van der Waals surface area contributed by atoms with Gasteiger partial charge in [0.2, 0.25) is 10.0 Å². The molecule has 32 heavy (non-hydrogen) atoms. The van der Waals surface area contributed by atoms with Crippen LogP contribution in [0.5, 0.6) is 11.5 Å². The van der Waals surface area contributed by atoms with Crippen LogP contribution in [0.2, 0.25) is 0 Å². The van der Waals surface area contributed by atoms with Crippen LogP contribution in [-0.4, -0.2) is 95.8 Å². The number of methoxy groups -OCH3 is 2. The Kier molecular flexibility index (Phi) is 9.69. The third-order valence-electron chi connectivity index (χ3n) is 5.16. The third kappa shape index (κ3) is 6.31. The highest BCUT2D eigenvalue weighted by atomic mass is 32.2. The number of ether oxygens (including phenoxy) is 3. The minimum absolute atomic E-state index is 0.00567. The Morgan fingerprint density at radius 2 is 1.78 bits per heavy atom. The Labute approximate surface area is 189 Å². The van der Waals surface area contributed by atoms with Crippen molar-refractivity contribution in [1.29, 1.82) is 0 Å². The number of rotatable bonds is 11. The number of nitrogens with zero attached hydrogens (tertiary/aromatic N) is 2. The molecule has 0 aromatic heterocycles. The highest BCUT2D eigenvalue weighted by molar-refractivity contribution is 7.89. The quantitative estimate of drug-likeness (QED) is 0.418. The first-order valence-corrected chi connectivity index (χ1v) is 11.9. The number of likely N-dealkylation sites (N-methyl/N-ethyl adjacent to an activating group) is 1. The molecule has 0 saturated carbocycles. The predicted molar refractivity (Wildman–Crippen MR) is 117 cm³/mol. The zero-order valence-electron chi connectivity index (χ0n) is 18.9. The molecule has 2 rings (SSSR count). The molecular weight excluding hydrogens is 440 g/mol. The predicted octanol–water partition coefficient (Wildman–Crippen LogP) is -0.375. The summed E-state index contributed by atoms with van der Waals surface area (Å²) in [6, 6.07) is 4.28. The normalized spacial score (nSPS) is 16.7. The van der Waals surface area contributed by atoms with Crippen LogP contribution in [0.15, 0.2) is 23.1 Å². The molecule has 0 spiro atoms. The van der Waals surface area contributed by atoms with E-state index in [0.29, 0.717) is 18.8 Å². The van der Waals surface area contributed by atoms with Gasteiger partial charge in [0, 0.05) is 25.7 Å². The van der Waals surface area contributed by atoms with Crippen molar-refractivity contribution in [1.82, 2.24) is 19.8 Å². The van der Waals surface area contributed by atoms with Crippen LogP contribution in [0.25, 0.3) is 0 Å². The van der Waals surface area contributed by atoms with Crippen molar-refractivity contribution in [2.75, 3.05) is 60.1 Å². The van der Waals surface area contributed by atoms with Gasteiger partial charge in [0.25, 0.3) is 0 Å². The summed E-state index contributed by atoms with van der Waals surface area (Å²) in [6.07, 6.45) is -0.930. The number of carbonyl (C=O) groups is 2. The molecule has 2 amide bonds. The zero-order valence-corrected chi connectivity index (χ0v) is 19.7. The highest BCUT2D eigenvalue weighted by Crippen LogP contribution is 2.31. The van der Waals surface area contributed by atoms with E-state index in [1.54, 1.807) is 0 Å². The number of nitrogens with one attached hydrogen (secondary N) is 2. The Balaban J connectivity index is 1.97. The van der Waals surface area contributed by atoms with E-state index in [9.17, 15) is 18.0 Å². The fourth-order valence-electron chi connectivity index (χ4n) is 3.26. The summed E-state index contributed by atoms with van der Waals surface area (Å²) in [5, 5.41) is 5.00. The SMILES string of the molecule is CCN(CC)CCNC(=O)C(=O)NCC1OCCN1S(=O)(=O)c1ccc(OC)c(OC)c1. The van der Waals surface area contributed by atoms with Crippen molar-refractivity contribution in [3.8, 4) is 11.5 Å². The minimum Gasteiger partial charge on any atom is -0.493 e. The molecule has 1 fully saturated rings. The van der Waals surface area contributed by atoms with Gasteiger partial charge in [0.1, 0.15) is 6.23 Å². The number of carbonyl (C=O) groups excluding carboxylic acids is 2. The van der Waals surface area contributed by atoms with Gasteiger partial charge in [-0.05, 0) is 25.2 Å². The third-order valence-corrected chi connectivity index (χ3v) is 7.04. The fraction of sp³-hybridized carbons (Fsp3) is 0.600. The second-order valence-electron chi connectivity index (χ2n) is 6.95. The first-order chi connectivity index (χ1) is 15.3. The average Bonchev–Trinajstić information content (AvgIpc) is 3.29. The molecule has 12 heteroatoms. The van der Waals surface area contributed by atoms with Crippen molar-refractivity contribution in [3.05, 3.63) is 18.2 Å². The lowest BCUT2D eigenvalue weighted by atomic mass is 10.3. The smallest absolute Gasteiger partial charge is 0.309 e. The molecule has 0 bridgehead atoms. The van der Waals surface area contributed by atoms with Crippen LogP contribution < -0.4 is 20.1 Å². The Morgan fingerprint density at radius 1 is 1.12 bits per heavy atom. The van der Waals surface area contributed by atoms with Gasteiger partial charge >= 0.3 is 11.8 Å². The van der Waals surface area contributed by atoms with Gasteiger partial charge in [-0.15, -0.1) is 0 Å². The molecule has 1 aliphatic heterocycles. The van der Waals surface area contributed by atoms with Crippen LogP contribution >= 0.6 is 0 Å². The number of amides is 2. The van der Waals surface area contributed by atoms with Gasteiger partial charge in [-0.25, -0.2) is 8.42 Å². The van der Waals surface area contributed by atoms with Gasteiger partial charge in [0.15, 0.2) is 11.5 Å². The number of sulfonamides is 1. The largest absolute Gasteiger partial charge is 0.493 e. The maximum Gasteiger partial charge on any atom is 0.309 e. The number of benzene rings is 1. The van der Waals surface area contributed by atoms with Crippen molar-refractivity contribution in [2.24, 2.45) is 0 Å². The molecule has 1 aromatic carbocycles. The van der Waals surface area contributed by atoms with Gasteiger partial charge in [-0.2, -0.15) is 4.31 Å². The van der Waals surface area contributed by atoms with Crippen molar-refractivity contribution in [2.45, 2.75) is 25.0 Å². The molecule has 1 atom stereocenters. The Bertz CT molecular complexity index is 890. The van der Waals surface area contributed by atoms with Crippen LogP contribution in [0, 0.1) is 0 Å². The Hall–Kier alpha value is -2.41. The van der Waals surface area contributed by atoms with E-state index in [1.165, 1.54) is 32.4 Å². The molecule has 11 nitrogen and oxygen atoms in total. The molecule has 0 aliphatic carbocycles. The summed E-state index contributed by atoms with van der Waals surface area (Å²) in [6.45, 7) is 6.83. The van der Waals surface area contributed by atoms with E-state index in [4.69, 9.17) is 14.2 Å². The maximum atomic E-state index is 13.1. The van der Waals surface area contributed by atoms with Crippen molar-refractivity contribution >= 4 is 21.8 Å². The van der Waals surface area contributed by atoms with Crippen molar-refractivity contribution in [3.63, 3.8) is 0 Å². The summed E-state index contributed by atoms with van der Waals surface area (Å²) in [5.74, 6) is -0.937. The van der Waals surface area contributed by atoms with E-state index in [-0.39, 0.29) is 30.3 Å². The maximum absolute atomic E-state index is 13.1. The molecule has 180 valence electrons. The van der Waals surface area contributed by atoms with Gasteiger partial charge in [-0.1, -0.05) is 13.8 Å². The molecule has 1 heterocycles. The zero-order chi connectivity index (χ0) is 23.7. The molecular formula is C20H32N4O7S. The number of hydrogen-bond donors (Lipinski definition) is 2. The molecule has 2 N–H and O–H groups in total. The minimum atomic E-state index is -3.93. The second kappa shape index (κ2) is 12.0.